The van der Waals surface area contributed by atoms with Gasteiger partial charge in [-0.1, -0.05) is 18.2 Å². The summed E-state index contributed by atoms with van der Waals surface area (Å²) < 4.78 is 24.4. The number of sulfone groups is 1. The number of likely N-dealkylation sites (tertiary alicyclic amines) is 1. The number of nitrogens with one attached hydrogen (secondary N) is 1. The number of thioether (sulfide) groups is 1. The summed E-state index contributed by atoms with van der Waals surface area (Å²) >= 11 is 1.50. The number of aromatic nitrogens is 2. The molecular weight excluding hydrogens is 396 g/mol. The molecule has 1 aromatic heterocycles. The fraction of sp³-hybridized carbons (Fsp3) is 0.737. The Kier molecular flexibility index (Phi) is 6.98. The topological polar surface area (TPSA) is 92.3 Å². The van der Waals surface area contributed by atoms with E-state index in [0.29, 0.717) is 12.8 Å². The number of hydrogen-bond donors (Lipinski definition) is 1. The van der Waals surface area contributed by atoms with Crippen molar-refractivity contribution >= 4 is 27.5 Å². The Balaban J connectivity index is 1.62. The van der Waals surface area contributed by atoms with Gasteiger partial charge in [-0.15, -0.1) is 0 Å². The molecule has 1 aromatic rings. The highest BCUT2D eigenvalue weighted by Crippen LogP contribution is 2.23. The molecule has 3 rings (SSSR count). The Bertz CT molecular complexity index is 799. The summed E-state index contributed by atoms with van der Waals surface area (Å²) in [5, 5.41) is 3.75. The zero-order valence-electron chi connectivity index (χ0n) is 16.9. The third-order valence-electron chi connectivity index (χ3n) is 5.71. The van der Waals surface area contributed by atoms with Crippen molar-refractivity contribution in [1.82, 2.24) is 20.2 Å². The van der Waals surface area contributed by atoms with Gasteiger partial charge in [-0.25, -0.2) is 18.4 Å². The summed E-state index contributed by atoms with van der Waals surface area (Å²) in [4.78, 5) is 23.8. The fourth-order valence-electron chi connectivity index (χ4n) is 4.26. The number of aryl methyl sites for hydroxylation is 2. The van der Waals surface area contributed by atoms with Crippen LogP contribution in [-0.4, -0.2) is 72.1 Å². The van der Waals surface area contributed by atoms with Crippen molar-refractivity contribution in [3.05, 3.63) is 17.0 Å². The Hall–Kier alpha value is -1.19. The number of piperidine rings is 1. The van der Waals surface area contributed by atoms with Crippen LogP contribution in [0.3, 0.4) is 0 Å². The lowest BCUT2D eigenvalue weighted by Gasteiger charge is -2.35. The zero-order chi connectivity index (χ0) is 20.3. The molecule has 2 saturated heterocycles. The van der Waals surface area contributed by atoms with Crippen LogP contribution in [0.25, 0.3) is 0 Å². The molecule has 2 unspecified atom stereocenters. The lowest BCUT2D eigenvalue weighted by Crippen LogP contribution is -2.52. The van der Waals surface area contributed by atoms with E-state index in [1.54, 1.807) is 0 Å². The molecule has 1 amide bonds. The minimum atomic E-state index is -3.11. The predicted octanol–water partition coefficient (Wildman–Crippen LogP) is 1.52. The summed E-state index contributed by atoms with van der Waals surface area (Å²) in [5.74, 6) is 0.0979. The summed E-state index contributed by atoms with van der Waals surface area (Å²) in [5.41, 5.74) is 2.80. The van der Waals surface area contributed by atoms with Gasteiger partial charge in [-0.05, 0) is 58.0 Å². The molecule has 1 N–H and O–H groups in total. The van der Waals surface area contributed by atoms with Crippen molar-refractivity contribution in [2.24, 2.45) is 0 Å². The van der Waals surface area contributed by atoms with Crippen molar-refractivity contribution < 1.29 is 13.2 Å². The maximum atomic E-state index is 12.6. The van der Waals surface area contributed by atoms with E-state index >= 15 is 0 Å². The molecule has 2 atom stereocenters. The number of amides is 1. The summed E-state index contributed by atoms with van der Waals surface area (Å²) in [6, 6.07) is -0.408. The maximum Gasteiger partial charge on any atom is 0.220 e. The quantitative estimate of drug-likeness (QED) is 0.544. The van der Waals surface area contributed by atoms with Gasteiger partial charge in [0, 0.05) is 23.9 Å². The molecule has 2 fully saturated rings. The lowest BCUT2D eigenvalue weighted by molar-refractivity contribution is -0.122. The van der Waals surface area contributed by atoms with Crippen LogP contribution in [0.5, 0.6) is 0 Å². The molecule has 0 spiro atoms. The summed E-state index contributed by atoms with van der Waals surface area (Å²) in [6.45, 7) is 5.73. The molecular formula is C19H30N4O3S2. The second kappa shape index (κ2) is 9.09. The van der Waals surface area contributed by atoms with Gasteiger partial charge in [0.2, 0.25) is 5.91 Å². The number of hydrogen-bond acceptors (Lipinski definition) is 7. The number of nitrogens with zero attached hydrogens (tertiary/aromatic N) is 3. The van der Waals surface area contributed by atoms with Crippen LogP contribution in [0.4, 0.5) is 0 Å². The van der Waals surface area contributed by atoms with E-state index in [1.165, 1.54) is 18.2 Å². The summed E-state index contributed by atoms with van der Waals surface area (Å²) in [7, 11) is -3.11. The number of carbonyl (C=O) groups excluding carboxylic acids is 1. The molecule has 0 radical (unpaired) electrons. The highest BCUT2D eigenvalue weighted by Gasteiger charge is 2.41. The van der Waals surface area contributed by atoms with Gasteiger partial charge in [0.1, 0.15) is 0 Å². The SMILES string of the molecule is CSc1nc(C)c(CCC(=O)NC2CS(=O)(=O)CC2N2CCCCC2)c(C)n1. The van der Waals surface area contributed by atoms with Crippen LogP contribution in [-0.2, 0) is 21.1 Å². The van der Waals surface area contributed by atoms with Crippen LogP contribution in [0.15, 0.2) is 5.16 Å². The first-order chi connectivity index (χ1) is 13.3. The van der Waals surface area contributed by atoms with E-state index in [1.807, 2.05) is 20.1 Å². The second-order valence-corrected chi connectivity index (χ2v) is 10.7. The second-order valence-electron chi connectivity index (χ2n) is 7.77. The number of carbonyl (C=O) groups is 1. The monoisotopic (exact) mass is 426 g/mol. The molecule has 3 heterocycles. The van der Waals surface area contributed by atoms with Crippen molar-refractivity contribution in [1.29, 1.82) is 0 Å². The van der Waals surface area contributed by atoms with Crippen molar-refractivity contribution in [2.75, 3.05) is 30.9 Å². The maximum absolute atomic E-state index is 12.6. The molecule has 9 heteroatoms. The Labute approximate surface area is 172 Å². The average Bonchev–Trinajstić information content (AvgIpc) is 2.95. The first kappa shape index (κ1) is 21.5. The van der Waals surface area contributed by atoms with Crippen LogP contribution in [0, 0.1) is 13.8 Å². The fourth-order valence-corrected chi connectivity index (χ4v) is 6.66. The zero-order valence-corrected chi connectivity index (χ0v) is 18.5. The third kappa shape index (κ3) is 5.24. The van der Waals surface area contributed by atoms with Gasteiger partial charge < -0.3 is 5.32 Å². The highest BCUT2D eigenvalue weighted by atomic mass is 32.2. The minimum absolute atomic E-state index is 0.0451. The van der Waals surface area contributed by atoms with Crippen LogP contribution in [0.2, 0.25) is 0 Å². The van der Waals surface area contributed by atoms with Gasteiger partial charge in [0.15, 0.2) is 15.0 Å². The highest BCUT2D eigenvalue weighted by molar-refractivity contribution is 7.98. The number of rotatable bonds is 6. The smallest absolute Gasteiger partial charge is 0.220 e. The first-order valence-electron chi connectivity index (χ1n) is 9.91. The van der Waals surface area contributed by atoms with E-state index in [4.69, 9.17) is 0 Å². The first-order valence-corrected chi connectivity index (χ1v) is 13.0. The Morgan fingerprint density at radius 3 is 2.39 bits per heavy atom. The van der Waals surface area contributed by atoms with Gasteiger partial charge in [-0.2, -0.15) is 0 Å². The van der Waals surface area contributed by atoms with E-state index in [0.717, 1.165) is 48.0 Å². The molecule has 28 heavy (non-hydrogen) atoms. The van der Waals surface area contributed by atoms with Gasteiger partial charge in [-0.3, -0.25) is 9.69 Å². The van der Waals surface area contributed by atoms with Gasteiger partial charge >= 0.3 is 0 Å². The molecule has 2 aliphatic heterocycles. The predicted molar refractivity (Wildman–Crippen MR) is 111 cm³/mol. The largest absolute Gasteiger partial charge is 0.351 e. The van der Waals surface area contributed by atoms with Gasteiger partial charge in [0.05, 0.1) is 17.5 Å². The molecule has 156 valence electrons. The molecule has 7 nitrogen and oxygen atoms in total. The Morgan fingerprint density at radius 2 is 1.79 bits per heavy atom. The molecule has 2 aliphatic rings. The van der Waals surface area contributed by atoms with Crippen molar-refractivity contribution in [3.63, 3.8) is 0 Å². The van der Waals surface area contributed by atoms with E-state index in [-0.39, 0.29) is 29.5 Å². The van der Waals surface area contributed by atoms with Crippen LogP contribution < -0.4 is 5.32 Å². The molecule has 0 bridgehead atoms. The lowest BCUT2D eigenvalue weighted by atomic mass is 10.0. The normalized spacial score (nSPS) is 25.0. The van der Waals surface area contributed by atoms with E-state index < -0.39 is 9.84 Å². The average molecular weight is 427 g/mol. The van der Waals surface area contributed by atoms with Crippen LogP contribution >= 0.6 is 11.8 Å². The summed E-state index contributed by atoms with van der Waals surface area (Å²) in [6.07, 6.45) is 6.21. The Morgan fingerprint density at radius 1 is 1.14 bits per heavy atom. The minimum Gasteiger partial charge on any atom is -0.351 e. The molecule has 0 saturated carbocycles. The van der Waals surface area contributed by atoms with Crippen molar-refractivity contribution in [3.8, 4) is 0 Å². The van der Waals surface area contributed by atoms with E-state index in [2.05, 4.69) is 20.2 Å². The standard InChI is InChI=1S/C19H30N4O3S2/c1-13-15(14(2)21-19(20-13)27-3)7-8-18(24)22-16-11-28(25,26)12-17(16)23-9-5-4-6-10-23/h16-17H,4-12H2,1-3H3,(H,22,24). The molecule has 0 aliphatic carbocycles. The van der Waals surface area contributed by atoms with E-state index in [9.17, 15) is 13.2 Å². The van der Waals surface area contributed by atoms with Gasteiger partial charge in [0.25, 0.3) is 0 Å². The third-order valence-corrected chi connectivity index (χ3v) is 7.98. The molecule has 0 aromatic carbocycles. The van der Waals surface area contributed by atoms with Crippen LogP contribution in [0.1, 0.15) is 42.6 Å². The van der Waals surface area contributed by atoms with Crippen molar-refractivity contribution in [2.45, 2.75) is 63.2 Å².